The summed E-state index contributed by atoms with van der Waals surface area (Å²) in [5, 5.41) is 0.704. The van der Waals surface area contributed by atoms with Crippen LogP contribution in [0.3, 0.4) is 0 Å². The van der Waals surface area contributed by atoms with Gasteiger partial charge in [-0.2, -0.15) is 0 Å². The highest BCUT2D eigenvalue weighted by Gasteiger charge is 2.35. The van der Waals surface area contributed by atoms with Crippen molar-refractivity contribution in [3.63, 3.8) is 0 Å². The van der Waals surface area contributed by atoms with Crippen molar-refractivity contribution in [3.8, 4) is 0 Å². The highest BCUT2D eigenvalue weighted by Crippen LogP contribution is 2.39. The van der Waals surface area contributed by atoms with Gasteiger partial charge in [-0.15, -0.1) is 11.6 Å². The van der Waals surface area contributed by atoms with E-state index >= 15 is 0 Å². The summed E-state index contributed by atoms with van der Waals surface area (Å²) in [6.07, 6.45) is 6.22. The molecule has 1 aliphatic carbocycles. The Bertz CT molecular complexity index is 506. The van der Waals surface area contributed by atoms with Crippen LogP contribution in [0.2, 0.25) is 5.02 Å². The lowest BCUT2D eigenvalue weighted by Gasteiger charge is -2.25. The normalized spacial score (nSPS) is 19.0. The summed E-state index contributed by atoms with van der Waals surface area (Å²) in [4.78, 5) is 10.8. The molecule has 1 aromatic rings. The zero-order chi connectivity index (χ0) is 15.5. The van der Waals surface area contributed by atoms with E-state index < -0.39 is 10.8 Å². The van der Waals surface area contributed by atoms with Crippen LogP contribution in [0.1, 0.15) is 63.0 Å². The number of carbonyl (C=O) groups is 1. The van der Waals surface area contributed by atoms with Gasteiger partial charge in [-0.3, -0.25) is 0 Å². The maximum Gasteiger partial charge on any atom is 0.331 e. The van der Waals surface area contributed by atoms with Crippen LogP contribution in [-0.4, -0.2) is 12.6 Å². The molecule has 0 aromatic heterocycles. The molecule has 1 atom stereocenters. The van der Waals surface area contributed by atoms with Crippen LogP contribution >= 0.6 is 23.2 Å². The van der Waals surface area contributed by atoms with Crippen molar-refractivity contribution in [2.24, 2.45) is 0 Å². The van der Waals surface area contributed by atoms with Gasteiger partial charge in [0.15, 0.2) is 4.87 Å². The molecule has 1 fully saturated rings. The lowest BCUT2D eigenvalue weighted by Crippen LogP contribution is -2.28. The van der Waals surface area contributed by atoms with Gasteiger partial charge in [-0.1, -0.05) is 43.0 Å². The monoisotopic (exact) mass is 328 g/mol. The van der Waals surface area contributed by atoms with Crippen LogP contribution in [0.25, 0.3) is 0 Å². The standard InChI is InChI=1S/C17H22Cl2O2/c1-3-21-16(20)17(2,19)13-9-10-14(15(18)11-13)12-7-5-4-6-8-12/h9-12H,3-8H2,1-2H3. The van der Waals surface area contributed by atoms with Gasteiger partial charge < -0.3 is 4.74 Å². The molecule has 116 valence electrons. The Hall–Kier alpha value is -0.730. The molecule has 0 amide bonds. The Labute approximate surface area is 136 Å². The Morgan fingerprint density at radius 3 is 2.57 bits per heavy atom. The molecule has 0 heterocycles. The van der Waals surface area contributed by atoms with Gasteiger partial charge in [0.25, 0.3) is 0 Å². The third kappa shape index (κ3) is 3.73. The number of halogens is 2. The first-order valence-corrected chi connectivity index (χ1v) is 8.38. The third-order valence-electron chi connectivity index (χ3n) is 4.25. The third-order valence-corrected chi connectivity index (χ3v) is 4.95. The van der Waals surface area contributed by atoms with Gasteiger partial charge in [-0.25, -0.2) is 4.79 Å². The number of rotatable bonds is 4. The summed E-state index contributed by atoms with van der Waals surface area (Å²) in [6, 6.07) is 5.74. The number of esters is 1. The lowest BCUT2D eigenvalue weighted by atomic mass is 9.83. The number of carbonyl (C=O) groups excluding carboxylic acids is 1. The molecule has 1 saturated carbocycles. The molecular formula is C17H22Cl2O2. The van der Waals surface area contributed by atoms with Gasteiger partial charge in [0.1, 0.15) is 0 Å². The van der Waals surface area contributed by atoms with E-state index in [2.05, 4.69) is 0 Å². The molecule has 2 rings (SSSR count). The first kappa shape index (κ1) is 16.6. The van der Waals surface area contributed by atoms with Crippen LogP contribution in [0.4, 0.5) is 0 Å². The molecule has 2 nitrogen and oxygen atoms in total. The van der Waals surface area contributed by atoms with Crippen molar-refractivity contribution >= 4 is 29.2 Å². The minimum absolute atomic E-state index is 0.315. The van der Waals surface area contributed by atoms with E-state index in [-0.39, 0.29) is 0 Å². The fourth-order valence-corrected chi connectivity index (χ4v) is 3.46. The van der Waals surface area contributed by atoms with Crippen molar-refractivity contribution in [2.75, 3.05) is 6.61 Å². The second kappa shape index (κ2) is 7.02. The van der Waals surface area contributed by atoms with Crippen LogP contribution in [-0.2, 0) is 14.4 Å². The Kier molecular flexibility index (Phi) is 5.56. The van der Waals surface area contributed by atoms with Gasteiger partial charge >= 0.3 is 5.97 Å². The number of alkyl halides is 1. The number of benzene rings is 1. The smallest absolute Gasteiger partial charge is 0.331 e. The van der Waals surface area contributed by atoms with Crippen molar-refractivity contribution in [1.82, 2.24) is 0 Å². The largest absolute Gasteiger partial charge is 0.464 e. The van der Waals surface area contributed by atoms with Crippen LogP contribution in [0, 0.1) is 0 Å². The predicted molar refractivity (Wildman–Crippen MR) is 87.1 cm³/mol. The zero-order valence-corrected chi connectivity index (χ0v) is 14.1. The van der Waals surface area contributed by atoms with Gasteiger partial charge in [-0.05, 0) is 49.8 Å². The second-order valence-electron chi connectivity index (χ2n) is 5.79. The van der Waals surface area contributed by atoms with Crippen molar-refractivity contribution in [3.05, 3.63) is 34.3 Å². The molecule has 0 saturated heterocycles. The molecule has 1 aromatic carbocycles. The summed E-state index contributed by atoms with van der Waals surface area (Å²) >= 11 is 12.8. The molecule has 0 N–H and O–H groups in total. The Morgan fingerprint density at radius 1 is 1.33 bits per heavy atom. The molecule has 0 bridgehead atoms. The second-order valence-corrected chi connectivity index (χ2v) is 6.96. The Morgan fingerprint density at radius 2 is 2.00 bits per heavy atom. The lowest BCUT2D eigenvalue weighted by molar-refractivity contribution is -0.146. The molecule has 0 spiro atoms. The first-order valence-electron chi connectivity index (χ1n) is 7.63. The van der Waals surface area contributed by atoms with Crippen molar-refractivity contribution in [1.29, 1.82) is 0 Å². The van der Waals surface area contributed by atoms with Gasteiger partial charge in [0.2, 0.25) is 0 Å². The summed E-state index contributed by atoms with van der Waals surface area (Å²) < 4.78 is 5.03. The fourth-order valence-electron chi connectivity index (χ4n) is 2.95. The average Bonchev–Trinajstić information content (AvgIpc) is 2.48. The Balaban J connectivity index is 2.23. The highest BCUT2D eigenvalue weighted by atomic mass is 35.5. The van der Waals surface area contributed by atoms with E-state index in [0.29, 0.717) is 23.1 Å². The van der Waals surface area contributed by atoms with E-state index in [9.17, 15) is 4.79 Å². The summed E-state index contributed by atoms with van der Waals surface area (Å²) in [5.41, 5.74) is 1.86. The minimum Gasteiger partial charge on any atom is -0.464 e. The maximum atomic E-state index is 12.0. The molecular weight excluding hydrogens is 307 g/mol. The van der Waals surface area contributed by atoms with Gasteiger partial charge in [0, 0.05) is 5.02 Å². The van der Waals surface area contributed by atoms with Crippen LogP contribution in [0.5, 0.6) is 0 Å². The topological polar surface area (TPSA) is 26.3 Å². The van der Waals surface area contributed by atoms with E-state index in [1.165, 1.54) is 37.7 Å². The number of hydrogen-bond donors (Lipinski definition) is 0. The maximum absolute atomic E-state index is 12.0. The zero-order valence-electron chi connectivity index (χ0n) is 12.6. The summed E-state index contributed by atoms with van der Waals surface area (Å²) in [5.74, 6) is 0.0950. The quantitative estimate of drug-likeness (QED) is 0.546. The molecule has 0 radical (unpaired) electrons. The van der Waals surface area contributed by atoms with E-state index in [0.717, 1.165) is 0 Å². The number of hydrogen-bond acceptors (Lipinski definition) is 2. The molecule has 4 heteroatoms. The SMILES string of the molecule is CCOC(=O)C(C)(Cl)c1ccc(C2CCCCC2)c(Cl)c1. The van der Waals surface area contributed by atoms with Crippen LogP contribution < -0.4 is 0 Å². The van der Waals surface area contributed by atoms with E-state index in [4.69, 9.17) is 27.9 Å². The van der Waals surface area contributed by atoms with Crippen LogP contribution in [0.15, 0.2) is 18.2 Å². The van der Waals surface area contributed by atoms with Gasteiger partial charge in [0.05, 0.1) is 6.61 Å². The first-order chi connectivity index (χ1) is 9.96. The average molecular weight is 329 g/mol. The van der Waals surface area contributed by atoms with Crippen molar-refractivity contribution in [2.45, 2.75) is 56.7 Å². The summed E-state index contributed by atoms with van der Waals surface area (Å²) in [7, 11) is 0. The van der Waals surface area contributed by atoms with Crippen molar-refractivity contribution < 1.29 is 9.53 Å². The van der Waals surface area contributed by atoms with E-state index in [1.807, 2.05) is 18.2 Å². The highest BCUT2D eigenvalue weighted by molar-refractivity contribution is 6.34. The predicted octanol–water partition coefficient (Wildman–Crippen LogP) is 5.40. The molecule has 21 heavy (non-hydrogen) atoms. The fraction of sp³-hybridized carbons (Fsp3) is 0.588. The molecule has 0 aliphatic heterocycles. The van der Waals surface area contributed by atoms with E-state index in [1.54, 1.807) is 13.8 Å². The number of ether oxygens (including phenoxy) is 1. The minimum atomic E-state index is -1.19. The molecule has 1 unspecified atom stereocenters. The molecule has 1 aliphatic rings. The summed E-state index contributed by atoms with van der Waals surface area (Å²) in [6.45, 7) is 3.73.